The van der Waals surface area contributed by atoms with Crippen molar-refractivity contribution in [1.29, 1.82) is 0 Å². The van der Waals surface area contributed by atoms with Crippen LogP contribution in [0.25, 0.3) is 0 Å². The van der Waals surface area contributed by atoms with Crippen molar-refractivity contribution in [2.45, 2.75) is 6.92 Å². The van der Waals surface area contributed by atoms with E-state index in [0.29, 0.717) is 26.2 Å². The molecule has 1 heterocycles. The molecule has 1 aromatic carbocycles. The van der Waals surface area contributed by atoms with Crippen LogP contribution in [0.15, 0.2) is 22.7 Å². The molecule has 1 fully saturated rings. The summed E-state index contributed by atoms with van der Waals surface area (Å²) in [6.07, 6.45) is 0.837. The quantitative estimate of drug-likeness (QED) is 0.845. The van der Waals surface area contributed by atoms with Crippen LogP contribution >= 0.6 is 15.9 Å². The second-order valence-corrected chi connectivity index (χ2v) is 5.71. The van der Waals surface area contributed by atoms with E-state index in [1.54, 1.807) is 9.80 Å². The van der Waals surface area contributed by atoms with Crippen LogP contribution in [0, 0.1) is 6.92 Å². The molecule has 6 heteroatoms. The molecule has 0 aromatic heterocycles. The minimum Gasteiger partial charge on any atom is -0.375 e. The lowest BCUT2D eigenvalue weighted by atomic mass is 10.2. The van der Waals surface area contributed by atoms with Gasteiger partial charge in [-0.3, -0.25) is 9.59 Å². The maximum absolute atomic E-state index is 12.1. The number of rotatable bonds is 4. The molecule has 2 amide bonds. The van der Waals surface area contributed by atoms with Crippen molar-refractivity contribution in [3.05, 3.63) is 28.2 Å². The first-order valence-corrected chi connectivity index (χ1v) is 7.36. The summed E-state index contributed by atoms with van der Waals surface area (Å²) in [5.74, 6) is 0.0584. The molecule has 0 bridgehead atoms. The van der Waals surface area contributed by atoms with Crippen molar-refractivity contribution in [1.82, 2.24) is 9.80 Å². The summed E-state index contributed by atoms with van der Waals surface area (Å²) in [6, 6.07) is 5.97. The first-order chi connectivity index (χ1) is 9.60. The molecule has 0 radical (unpaired) electrons. The lowest BCUT2D eigenvalue weighted by molar-refractivity contribution is -0.133. The van der Waals surface area contributed by atoms with Gasteiger partial charge in [0.05, 0.1) is 6.54 Å². The fraction of sp³-hybridized carbons (Fsp3) is 0.429. The number of halogens is 1. The molecule has 1 aliphatic rings. The Kier molecular flexibility index (Phi) is 5.00. The van der Waals surface area contributed by atoms with E-state index >= 15 is 0 Å². The standard InChI is InChI=1S/C14H18BrN3O2/c1-11-2-3-13(12(15)8-11)16-9-14(20)18-6-4-17(10-19)5-7-18/h2-3,8,10,16H,4-7,9H2,1H3. The van der Waals surface area contributed by atoms with Gasteiger partial charge in [0, 0.05) is 36.3 Å². The Hall–Kier alpha value is -1.56. The third kappa shape index (κ3) is 3.72. The van der Waals surface area contributed by atoms with Gasteiger partial charge in [-0.25, -0.2) is 0 Å². The smallest absolute Gasteiger partial charge is 0.241 e. The van der Waals surface area contributed by atoms with Crippen LogP contribution in [0.2, 0.25) is 0 Å². The summed E-state index contributed by atoms with van der Waals surface area (Å²) in [5, 5.41) is 3.14. The van der Waals surface area contributed by atoms with Crippen molar-refractivity contribution >= 4 is 33.9 Å². The number of hydrogen-bond acceptors (Lipinski definition) is 3. The van der Waals surface area contributed by atoms with E-state index in [2.05, 4.69) is 21.2 Å². The van der Waals surface area contributed by atoms with Gasteiger partial charge >= 0.3 is 0 Å². The number of amides is 2. The second kappa shape index (κ2) is 6.74. The third-order valence-corrected chi connectivity index (χ3v) is 4.03. The van der Waals surface area contributed by atoms with E-state index < -0.39 is 0 Å². The molecule has 108 valence electrons. The van der Waals surface area contributed by atoms with Gasteiger partial charge < -0.3 is 15.1 Å². The molecule has 0 spiro atoms. The Labute approximate surface area is 127 Å². The van der Waals surface area contributed by atoms with Gasteiger partial charge in [-0.1, -0.05) is 6.07 Å². The first kappa shape index (κ1) is 14.8. The molecule has 2 rings (SSSR count). The highest BCUT2D eigenvalue weighted by Crippen LogP contribution is 2.23. The van der Waals surface area contributed by atoms with Crippen molar-refractivity contribution < 1.29 is 9.59 Å². The van der Waals surface area contributed by atoms with Gasteiger partial charge in [-0.2, -0.15) is 0 Å². The average Bonchev–Trinajstić information content (AvgIpc) is 2.46. The van der Waals surface area contributed by atoms with E-state index in [-0.39, 0.29) is 12.5 Å². The van der Waals surface area contributed by atoms with Gasteiger partial charge in [0.1, 0.15) is 0 Å². The summed E-state index contributed by atoms with van der Waals surface area (Å²) in [7, 11) is 0. The summed E-state index contributed by atoms with van der Waals surface area (Å²) < 4.78 is 0.955. The molecular weight excluding hydrogens is 322 g/mol. The van der Waals surface area contributed by atoms with Crippen molar-refractivity contribution in [3.8, 4) is 0 Å². The fourth-order valence-corrected chi connectivity index (χ4v) is 2.76. The molecule has 1 aromatic rings. The maximum Gasteiger partial charge on any atom is 0.241 e. The number of carbonyl (C=O) groups excluding carboxylic acids is 2. The first-order valence-electron chi connectivity index (χ1n) is 6.57. The number of hydrogen-bond donors (Lipinski definition) is 1. The van der Waals surface area contributed by atoms with E-state index in [0.717, 1.165) is 16.6 Å². The zero-order chi connectivity index (χ0) is 14.5. The Morgan fingerprint density at radius 1 is 1.35 bits per heavy atom. The SMILES string of the molecule is Cc1ccc(NCC(=O)N2CCN(C=O)CC2)c(Br)c1. The highest BCUT2D eigenvalue weighted by molar-refractivity contribution is 9.10. The van der Waals surface area contributed by atoms with Crippen LogP contribution in [0.3, 0.4) is 0 Å². The molecule has 5 nitrogen and oxygen atoms in total. The number of carbonyl (C=O) groups is 2. The average molecular weight is 340 g/mol. The molecule has 1 saturated heterocycles. The van der Waals surface area contributed by atoms with E-state index in [4.69, 9.17) is 0 Å². The maximum atomic E-state index is 12.1. The van der Waals surface area contributed by atoms with Crippen LogP contribution in [-0.2, 0) is 9.59 Å². The largest absolute Gasteiger partial charge is 0.375 e. The minimum absolute atomic E-state index is 0.0584. The van der Waals surface area contributed by atoms with E-state index in [1.165, 1.54) is 5.56 Å². The minimum atomic E-state index is 0.0584. The molecule has 0 saturated carbocycles. The summed E-state index contributed by atoms with van der Waals surface area (Å²) >= 11 is 3.48. The van der Waals surface area contributed by atoms with Crippen molar-refractivity contribution in [2.75, 3.05) is 38.0 Å². The highest BCUT2D eigenvalue weighted by Gasteiger charge is 2.19. The Balaban J connectivity index is 1.85. The number of piperazine rings is 1. The molecule has 1 N–H and O–H groups in total. The summed E-state index contributed by atoms with van der Waals surface area (Å²) in [4.78, 5) is 26.2. The molecule has 0 aliphatic carbocycles. The lowest BCUT2D eigenvalue weighted by Gasteiger charge is -2.32. The van der Waals surface area contributed by atoms with Crippen LogP contribution < -0.4 is 5.32 Å². The normalized spacial score (nSPS) is 15.1. The molecule has 20 heavy (non-hydrogen) atoms. The van der Waals surface area contributed by atoms with E-state index in [1.807, 2.05) is 25.1 Å². The Morgan fingerprint density at radius 2 is 2.05 bits per heavy atom. The third-order valence-electron chi connectivity index (χ3n) is 3.37. The van der Waals surface area contributed by atoms with Crippen molar-refractivity contribution in [2.24, 2.45) is 0 Å². The zero-order valence-corrected chi connectivity index (χ0v) is 13.0. The molecular formula is C14H18BrN3O2. The Morgan fingerprint density at radius 3 is 2.65 bits per heavy atom. The highest BCUT2D eigenvalue weighted by atomic mass is 79.9. The fourth-order valence-electron chi connectivity index (χ4n) is 2.12. The van der Waals surface area contributed by atoms with Crippen LogP contribution in [0.1, 0.15) is 5.56 Å². The monoisotopic (exact) mass is 339 g/mol. The van der Waals surface area contributed by atoms with E-state index in [9.17, 15) is 9.59 Å². The summed E-state index contributed by atoms with van der Waals surface area (Å²) in [5.41, 5.74) is 2.08. The predicted octanol–water partition coefficient (Wildman–Crippen LogP) is 1.47. The summed E-state index contributed by atoms with van der Waals surface area (Å²) in [6.45, 7) is 4.73. The van der Waals surface area contributed by atoms with Gasteiger partial charge in [0.2, 0.25) is 12.3 Å². The number of nitrogens with zero attached hydrogens (tertiary/aromatic N) is 2. The number of aryl methyl sites for hydroxylation is 1. The zero-order valence-electron chi connectivity index (χ0n) is 11.4. The second-order valence-electron chi connectivity index (χ2n) is 4.86. The van der Waals surface area contributed by atoms with Crippen LogP contribution in [0.4, 0.5) is 5.69 Å². The van der Waals surface area contributed by atoms with Gasteiger partial charge in [0.25, 0.3) is 0 Å². The predicted molar refractivity (Wildman–Crippen MR) is 81.6 cm³/mol. The lowest BCUT2D eigenvalue weighted by Crippen LogP contribution is -2.49. The molecule has 1 aliphatic heterocycles. The van der Waals surface area contributed by atoms with Gasteiger partial charge in [-0.15, -0.1) is 0 Å². The van der Waals surface area contributed by atoms with Crippen LogP contribution in [-0.4, -0.2) is 54.8 Å². The molecule has 0 atom stereocenters. The number of nitrogens with one attached hydrogen (secondary N) is 1. The molecule has 0 unspecified atom stereocenters. The number of benzene rings is 1. The van der Waals surface area contributed by atoms with Gasteiger partial charge in [-0.05, 0) is 40.5 Å². The number of anilines is 1. The van der Waals surface area contributed by atoms with Gasteiger partial charge in [0.15, 0.2) is 0 Å². The topological polar surface area (TPSA) is 52.7 Å². The van der Waals surface area contributed by atoms with Crippen LogP contribution in [0.5, 0.6) is 0 Å². The van der Waals surface area contributed by atoms with Crippen molar-refractivity contribution in [3.63, 3.8) is 0 Å². The Bertz CT molecular complexity index is 499.